The molecule has 1 aromatic heterocycles. The molecule has 78 valence electrons. The van der Waals surface area contributed by atoms with E-state index in [1.54, 1.807) is 6.20 Å². The first-order valence-electron chi connectivity index (χ1n) is 4.95. The van der Waals surface area contributed by atoms with Gasteiger partial charge < -0.3 is 4.90 Å². The van der Waals surface area contributed by atoms with Crippen LogP contribution in [0.4, 0.5) is 0 Å². The molecule has 1 aliphatic rings. The summed E-state index contributed by atoms with van der Waals surface area (Å²) in [6.07, 6.45) is 4.04. The second kappa shape index (κ2) is 4.28. The Morgan fingerprint density at radius 1 is 1.50 bits per heavy atom. The van der Waals surface area contributed by atoms with Gasteiger partial charge in [0.2, 0.25) is 0 Å². The Morgan fingerprint density at radius 3 is 2.86 bits per heavy atom. The maximum absolute atomic E-state index is 5.81. The number of rotatable bonds is 2. The van der Waals surface area contributed by atoms with E-state index in [0.717, 1.165) is 31.6 Å². The van der Waals surface area contributed by atoms with Gasteiger partial charge >= 0.3 is 0 Å². The van der Waals surface area contributed by atoms with Gasteiger partial charge in [-0.15, -0.1) is 16.7 Å². The van der Waals surface area contributed by atoms with Crippen molar-refractivity contribution in [3.05, 3.63) is 11.9 Å². The third kappa shape index (κ3) is 1.91. The minimum Gasteiger partial charge on any atom is -0.306 e. The lowest BCUT2D eigenvalue weighted by Gasteiger charge is -2.29. The number of alkyl halides is 1. The molecule has 0 radical (unpaired) electrons. The van der Waals surface area contributed by atoms with E-state index >= 15 is 0 Å². The highest BCUT2D eigenvalue weighted by Crippen LogP contribution is 2.22. The third-order valence-electron chi connectivity index (χ3n) is 2.82. The summed E-state index contributed by atoms with van der Waals surface area (Å²) in [5, 5.41) is 8.00. The van der Waals surface area contributed by atoms with Crippen LogP contribution in [0.3, 0.4) is 0 Å². The van der Waals surface area contributed by atoms with Gasteiger partial charge in [-0.25, -0.2) is 4.68 Å². The predicted molar refractivity (Wildman–Crippen MR) is 55.3 cm³/mol. The summed E-state index contributed by atoms with van der Waals surface area (Å²) in [6, 6.07) is 0.488. The van der Waals surface area contributed by atoms with Crippen LogP contribution in [0.1, 0.15) is 24.6 Å². The molecule has 2 rings (SSSR count). The van der Waals surface area contributed by atoms with Crippen LogP contribution in [0.25, 0.3) is 0 Å². The normalized spacial score (nSPS) is 20.1. The summed E-state index contributed by atoms with van der Waals surface area (Å²) in [5.41, 5.74) is 1.03. The summed E-state index contributed by atoms with van der Waals surface area (Å²) in [6.45, 7) is 2.26. The van der Waals surface area contributed by atoms with E-state index in [-0.39, 0.29) is 0 Å². The molecule has 0 aromatic carbocycles. The van der Waals surface area contributed by atoms with Crippen molar-refractivity contribution in [2.75, 3.05) is 20.1 Å². The first-order chi connectivity index (χ1) is 6.81. The van der Waals surface area contributed by atoms with E-state index in [1.807, 2.05) is 4.68 Å². The molecule has 0 spiro atoms. The maximum atomic E-state index is 5.81. The van der Waals surface area contributed by atoms with Gasteiger partial charge in [0.05, 0.1) is 23.8 Å². The zero-order valence-corrected chi connectivity index (χ0v) is 9.11. The van der Waals surface area contributed by atoms with Crippen LogP contribution >= 0.6 is 11.6 Å². The molecule has 0 bridgehead atoms. The minimum atomic E-state index is 0.488. The first-order valence-corrected chi connectivity index (χ1v) is 5.48. The summed E-state index contributed by atoms with van der Waals surface area (Å²) in [5.74, 6) is 0.499. The van der Waals surface area contributed by atoms with Gasteiger partial charge in [0.25, 0.3) is 0 Å². The SMILES string of the molecule is CN1CCC(n2nncc2CCl)CC1. The average Bonchev–Trinajstić information content (AvgIpc) is 2.67. The molecule has 1 aromatic rings. The highest BCUT2D eigenvalue weighted by atomic mass is 35.5. The summed E-state index contributed by atoms with van der Waals surface area (Å²) in [7, 11) is 2.15. The highest BCUT2D eigenvalue weighted by Gasteiger charge is 2.20. The van der Waals surface area contributed by atoms with Crippen LogP contribution in [0.15, 0.2) is 6.20 Å². The molecule has 0 saturated carbocycles. The van der Waals surface area contributed by atoms with E-state index in [9.17, 15) is 0 Å². The standard InChI is InChI=1S/C9H15ClN4/c1-13-4-2-8(3-5-13)14-9(6-10)7-11-12-14/h7-8H,2-6H2,1H3. The third-order valence-corrected chi connectivity index (χ3v) is 3.09. The van der Waals surface area contributed by atoms with Crippen molar-refractivity contribution in [2.45, 2.75) is 24.8 Å². The van der Waals surface area contributed by atoms with E-state index < -0.39 is 0 Å². The molecule has 0 atom stereocenters. The number of hydrogen-bond donors (Lipinski definition) is 0. The molecule has 2 heterocycles. The van der Waals surface area contributed by atoms with Crippen LogP contribution in [0.5, 0.6) is 0 Å². The maximum Gasteiger partial charge on any atom is 0.0738 e. The molecule has 0 N–H and O–H groups in total. The lowest BCUT2D eigenvalue weighted by molar-refractivity contribution is 0.209. The molecule has 0 unspecified atom stereocenters. The molecule has 1 aliphatic heterocycles. The first kappa shape index (κ1) is 9.93. The van der Waals surface area contributed by atoms with E-state index in [2.05, 4.69) is 22.3 Å². The van der Waals surface area contributed by atoms with Crippen LogP contribution in [-0.4, -0.2) is 40.0 Å². The second-order valence-electron chi connectivity index (χ2n) is 3.84. The summed E-state index contributed by atoms with van der Waals surface area (Å²) >= 11 is 5.81. The lowest BCUT2D eigenvalue weighted by atomic mass is 10.1. The molecule has 0 amide bonds. The number of piperidine rings is 1. The zero-order chi connectivity index (χ0) is 9.97. The van der Waals surface area contributed by atoms with Gasteiger partial charge in [0, 0.05) is 0 Å². The number of likely N-dealkylation sites (tertiary alicyclic amines) is 1. The van der Waals surface area contributed by atoms with E-state index in [4.69, 9.17) is 11.6 Å². The molecule has 5 heteroatoms. The van der Waals surface area contributed by atoms with Gasteiger partial charge in [-0.2, -0.15) is 0 Å². The fourth-order valence-corrected chi connectivity index (χ4v) is 2.10. The summed E-state index contributed by atoms with van der Waals surface area (Å²) in [4.78, 5) is 2.34. The van der Waals surface area contributed by atoms with Crippen LogP contribution in [0.2, 0.25) is 0 Å². The lowest BCUT2D eigenvalue weighted by Crippen LogP contribution is -2.32. The van der Waals surface area contributed by atoms with Crippen LogP contribution in [-0.2, 0) is 5.88 Å². The van der Waals surface area contributed by atoms with E-state index in [0.29, 0.717) is 11.9 Å². The monoisotopic (exact) mass is 214 g/mol. The Hall–Kier alpha value is -0.610. The molecular weight excluding hydrogens is 200 g/mol. The van der Waals surface area contributed by atoms with Crippen molar-refractivity contribution in [2.24, 2.45) is 0 Å². The van der Waals surface area contributed by atoms with Crippen molar-refractivity contribution in [1.82, 2.24) is 19.9 Å². The second-order valence-corrected chi connectivity index (χ2v) is 4.11. The van der Waals surface area contributed by atoms with Crippen molar-refractivity contribution in [3.8, 4) is 0 Å². The van der Waals surface area contributed by atoms with Gasteiger partial charge in [-0.1, -0.05) is 5.21 Å². The quantitative estimate of drug-likeness (QED) is 0.696. The van der Waals surface area contributed by atoms with Crippen LogP contribution < -0.4 is 0 Å². The van der Waals surface area contributed by atoms with Gasteiger partial charge in [0.1, 0.15) is 0 Å². The molecule has 4 nitrogen and oxygen atoms in total. The largest absolute Gasteiger partial charge is 0.306 e. The molecule has 14 heavy (non-hydrogen) atoms. The van der Waals surface area contributed by atoms with Crippen molar-refractivity contribution in [1.29, 1.82) is 0 Å². The van der Waals surface area contributed by atoms with Gasteiger partial charge in [-0.3, -0.25) is 0 Å². The molecule has 0 aliphatic carbocycles. The Morgan fingerprint density at radius 2 is 2.21 bits per heavy atom. The van der Waals surface area contributed by atoms with Gasteiger partial charge in [-0.05, 0) is 33.0 Å². The van der Waals surface area contributed by atoms with E-state index in [1.165, 1.54) is 0 Å². The Labute approximate surface area is 88.8 Å². The minimum absolute atomic E-state index is 0.488. The number of aromatic nitrogens is 3. The number of hydrogen-bond acceptors (Lipinski definition) is 3. The predicted octanol–water partition coefficient (Wildman–Crippen LogP) is 1.28. The summed E-state index contributed by atoms with van der Waals surface area (Å²) < 4.78 is 1.99. The fraction of sp³-hybridized carbons (Fsp3) is 0.778. The molecule has 1 saturated heterocycles. The molecular formula is C9H15ClN4. The fourth-order valence-electron chi connectivity index (χ4n) is 1.91. The highest BCUT2D eigenvalue weighted by molar-refractivity contribution is 6.16. The van der Waals surface area contributed by atoms with Gasteiger partial charge in [0.15, 0.2) is 0 Å². The average molecular weight is 215 g/mol. The smallest absolute Gasteiger partial charge is 0.0738 e. The Kier molecular flexibility index (Phi) is 3.03. The van der Waals surface area contributed by atoms with Crippen molar-refractivity contribution < 1.29 is 0 Å². The topological polar surface area (TPSA) is 34.0 Å². The number of halogens is 1. The van der Waals surface area contributed by atoms with Crippen molar-refractivity contribution in [3.63, 3.8) is 0 Å². The molecule has 1 fully saturated rings. The Bertz CT molecular complexity index is 291. The zero-order valence-electron chi connectivity index (χ0n) is 8.36. The van der Waals surface area contributed by atoms with Crippen LogP contribution in [0, 0.1) is 0 Å². The van der Waals surface area contributed by atoms with Crippen molar-refractivity contribution >= 4 is 11.6 Å². The Balaban J connectivity index is 2.08. The number of nitrogens with zero attached hydrogens (tertiary/aromatic N) is 4.